The number of aromatic nitrogens is 1. The fourth-order valence-electron chi connectivity index (χ4n) is 5.04. The van der Waals surface area contributed by atoms with E-state index in [2.05, 4.69) is 11.9 Å². The van der Waals surface area contributed by atoms with E-state index in [1.165, 1.54) is 23.3 Å². The zero-order valence-corrected chi connectivity index (χ0v) is 20.0. The third-order valence-corrected chi connectivity index (χ3v) is 8.02. The van der Waals surface area contributed by atoms with E-state index in [4.69, 9.17) is 10.5 Å². The number of carbonyl (C=O) groups excluding carboxylic acids is 2. The monoisotopic (exact) mass is 492 g/mol. The van der Waals surface area contributed by atoms with Crippen LogP contribution in [0, 0.1) is 11.8 Å². The molecule has 2 bridgehead atoms. The lowest BCUT2D eigenvalue weighted by molar-refractivity contribution is -0.141. The first-order chi connectivity index (χ1) is 14.7. The van der Waals surface area contributed by atoms with Gasteiger partial charge in [-0.25, -0.2) is 18.7 Å². The van der Waals surface area contributed by atoms with Crippen LogP contribution in [0.1, 0.15) is 56.4 Å². The Balaban J connectivity index is 0.00000289. The smallest absolute Gasteiger partial charge is 0.260 e. The Morgan fingerprint density at radius 3 is 2.69 bits per heavy atom. The molecule has 1 aromatic heterocycles. The van der Waals surface area contributed by atoms with Gasteiger partial charge in [-0.05, 0) is 31.1 Å². The second-order valence-corrected chi connectivity index (χ2v) is 10.2. The number of piperidine rings is 1. The topological polar surface area (TPSA) is 88.8 Å². The molecule has 1 aromatic rings. The molecule has 0 radical (unpaired) electrons. The molecule has 11 heteroatoms. The number of methoxy groups -OCH3 is 1. The average molecular weight is 493 g/mol. The van der Waals surface area contributed by atoms with Gasteiger partial charge in [0.15, 0.2) is 5.13 Å². The van der Waals surface area contributed by atoms with E-state index >= 15 is 0 Å². The number of imide groups is 1. The van der Waals surface area contributed by atoms with Gasteiger partial charge < -0.3 is 10.5 Å². The first kappa shape index (κ1) is 25.4. The summed E-state index contributed by atoms with van der Waals surface area (Å²) < 4.78 is 33.9. The molecular weight excluding hydrogens is 462 g/mol. The number of ether oxygens (including phenoxy) is 1. The summed E-state index contributed by atoms with van der Waals surface area (Å²) in [4.78, 5) is 34.6. The standard InChI is InChI=1S/C21H30F2N4O3S.ClH/c1-12-3-5-13(6-4-12)17(24)19(29)27-18(28)14-7-8-21(22,23)11-26(14)15(10-30-2)16-9-25-20(27)31-16;/h9,12-15,17H,3-8,10-11,24H2,1-2H3;1H. The third kappa shape index (κ3) is 4.84. The van der Waals surface area contributed by atoms with E-state index < -0.39 is 48.8 Å². The van der Waals surface area contributed by atoms with Gasteiger partial charge in [-0.1, -0.05) is 31.1 Å². The number of carbonyl (C=O) groups is 2. The van der Waals surface area contributed by atoms with E-state index in [0.717, 1.165) is 30.6 Å². The van der Waals surface area contributed by atoms with Crippen LogP contribution in [0.4, 0.5) is 13.9 Å². The molecule has 2 fully saturated rings. The molecule has 3 unspecified atom stereocenters. The number of amides is 2. The minimum Gasteiger partial charge on any atom is -0.383 e. The normalized spacial score (nSPS) is 31.2. The van der Waals surface area contributed by atoms with E-state index in [1.807, 2.05) is 0 Å². The number of nitrogens with zero attached hydrogens (tertiary/aromatic N) is 3. The molecule has 1 aliphatic carbocycles. The van der Waals surface area contributed by atoms with Gasteiger partial charge in [-0.2, -0.15) is 0 Å². The highest BCUT2D eigenvalue weighted by molar-refractivity contribution is 7.16. The Morgan fingerprint density at radius 1 is 1.34 bits per heavy atom. The van der Waals surface area contributed by atoms with Gasteiger partial charge in [0.2, 0.25) is 0 Å². The number of hydrogen-bond acceptors (Lipinski definition) is 7. The average Bonchev–Trinajstić information content (AvgIpc) is 3.20. The molecule has 2 amide bonds. The highest BCUT2D eigenvalue weighted by Crippen LogP contribution is 2.42. The molecule has 2 aliphatic heterocycles. The van der Waals surface area contributed by atoms with Crippen LogP contribution in [0.3, 0.4) is 0 Å². The number of hydrogen-bond donors (Lipinski definition) is 1. The van der Waals surface area contributed by atoms with Crippen LogP contribution in [0.2, 0.25) is 0 Å². The highest BCUT2D eigenvalue weighted by atomic mass is 35.5. The Bertz CT molecular complexity index is 834. The lowest BCUT2D eigenvalue weighted by Gasteiger charge is -2.44. The Morgan fingerprint density at radius 2 is 2.03 bits per heavy atom. The first-order valence-electron chi connectivity index (χ1n) is 10.9. The molecular formula is C21H31ClF2N4O3S. The molecule has 2 N–H and O–H groups in total. The number of anilines is 1. The SMILES string of the molecule is COCC1c2cnc(s2)N(C(=O)C(N)C2CCC(C)CC2)C(=O)C2CCC(F)(F)CN21.Cl. The zero-order valence-electron chi connectivity index (χ0n) is 18.3. The minimum atomic E-state index is -2.90. The predicted octanol–water partition coefficient (Wildman–Crippen LogP) is 3.38. The lowest BCUT2D eigenvalue weighted by atomic mass is 9.79. The predicted molar refractivity (Wildman–Crippen MR) is 120 cm³/mol. The second kappa shape index (κ2) is 9.97. The maximum atomic E-state index is 14.3. The Hall–Kier alpha value is -1.20. The van der Waals surface area contributed by atoms with Crippen molar-refractivity contribution in [2.24, 2.45) is 17.6 Å². The fraction of sp³-hybridized carbons (Fsp3) is 0.762. The van der Waals surface area contributed by atoms with Gasteiger partial charge >= 0.3 is 0 Å². The van der Waals surface area contributed by atoms with Crippen molar-refractivity contribution in [1.82, 2.24) is 9.88 Å². The molecule has 1 saturated heterocycles. The Kier molecular flexibility index (Phi) is 7.92. The Labute approximate surface area is 197 Å². The molecule has 4 rings (SSSR count). The molecule has 0 spiro atoms. The van der Waals surface area contributed by atoms with Gasteiger partial charge in [-0.3, -0.25) is 14.5 Å². The van der Waals surface area contributed by atoms with E-state index in [1.54, 1.807) is 6.20 Å². The van der Waals surface area contributed by atoms with E-state index in [0.29, 0.717) is 10.8 Å². The fourth-order valence-corrected chi connectivity index (χ4v) is 6.07. The van der Waals surface area contributed by atoms with Crippen LogP contribution in [0.5, 0.6) is 0 Å². The summed E-state index contributed by atoms with van der Waals surface area (Å²) in [7, 11) is 1.50. The van der Waals surface area contributed by atoms with Crippen molar-refractivity contribution in [3.05, 3.63) is 11.1 Å². The molecule has 1 saturated carbocycles. The summed E-state index contributed by atoms with van der Waals surface area (Å²) >= 11 is 1.17. The third-order valence-electron chi connectivity index (χ3n) is 6.93. The van der Waals surface area contributed by atoms with Crippen molar-refractivity contribution in [2.75, 3.05) is 25.2 Å². The molecule has 180 valence electrons. The minimum absolute atomic E-state index is 0. The van der Waals surface area contributed by atoms with Gasteiger partial charge in [0.05, 0.1) is 31.3 Å². The maximum Gasteiger partial charge on any atom is 0.260 e. The van der Waals surface area contributed by atoms with Gasteiger partial charge in [0, 0.05) is 24.6 Å². The zero-order chi connectivity index (χ0) is 22.3. The summed E-state index contributed by atoms with van der Waals surface area (Å²) in [6.07, 6.45) is 4.83. The summed E-state index contributed by atoms with van der Waals surface area (Å²) in [6.45, 7) is 1.79. The summed E-state index contributed by atoms with van der Waals surface area (Å²) in [6, 6.07) is -2.16. The number of fused-ring (bicyclic) bond motifs is 3. The van der Waals surface area contributed by atoms with Crippen molar-refractivity contribution in [3.8, 4) is 0 Å². The van der Waals surface area contributed by atoms with E-state index in [-0.39, 0.29) is 36.5 Å². The second-order valence-electron chi connectivity index (χ2n) is 9.16. The van der Waals surface area contributed by atoms with Crippen LogP contribution in [0.15, 0.2) is 6.20 Å². The highest BCUT2D eigenvalue weighted by Gasteiger charge is 2.50. The largest absolute Gasteiger partial charge is 0.383 e. The van der Waals surface area contributed by atoms with Crippen molar-refractivity contribution < 1.29 is 23.1 Å². The summed E-state index contributed by atoms with van der Waals surface area (Å²) in [5, 5.41) is 0.266. The van der Waals surface area contributed by atoms with Crippen LogP contribution in [0.25, 0.3) is 0 Å². The van der Waals surface area contributed by atoms with Crippen LogP contribution >= 0.6 is 23.7 Å². The van der Waals surface area contributed by atoms with Crippen molar-refractivity contribution in [2.45, 2.75) is 69.5 Å². The number of thiazole rings is 1. The van der Waals surface area contributed by atoms with Gasteiger partial charge in [-0.15, -0.1) is 12.4 Å². The molecule has 3 aliphatic rings. The number of halogens is 3. The summed E-state index contributed by atoms with van der Waals surface area (Å²) in [5.41, 5.74) is 6.36. The van der Waals surface area contributed by atoms with Crippen molar-refractivity contribution >= 4 is 40.7 Å². The molecule has 32 heavy (non-hydrogen) atoms. The van der Waals surface area contributed by atoms with Gasteiger partial charge in [0.1, 0.15) is 0 Å². The van der Waals surface area contributed by atoms with Crippen LogP contribution in [-0.4, -0.2) is 60.0 Å². The molecule has 3 atom stereocenters. The lowest BCUT2D eigenvalue weighted by Crippen LogP contribution is -2.60. The van der Waals surface area contributed by atoms with E-state index in [9.17, 15) is 18.4 Å². The quantitative estimate of drug-likeness (QED) is 0.693. The number of nitrogens with two attached hydrogens (primary N) is 1. The van der Waals surface area contributed by atoms with Gasteiger partial charge in [0.25, 0.3) is 17.7 Å². The molecule has 7 nitrogen and oxygen atoms in total. The summed E-state index contributed by atoms with van der Waals surface area (Å²) in [5.74, 6) is -3.28. The number of rotatable bonds is 4. The molecule has 0 aromatic carbocycles. The van der Waals surface area contributed by atoms with Crippen molar-refractivity contribution in [1.29, 1.82) is 0 Å². The molecule has 3 heterocycles. The van der Waals surface area contributed by atoms with Crippen LogP contribution < -0.4 is 10.6 Å². The van der Waals surface area contributed by atoms with Crippen molar-refractivity contribution in [3.63, 3.8) is 0 Å². The van der Waals surface area contributed by atoms with Crippen LogP contribution in [-0.2, 0) is 14.3 Å². The number of alkyl halides is 2. The maximum absolute atomic E-state index is 14.3. The first-order valence-corrected chi connectivity index (χ1v) is 11.7.